The lowest BCUT2D eigenvalue weighted by Crippen LogP contribution is -2.24. The molecule has 3 nitrogen and oxygen atoms in total. The summed E-state index contributed by atoms with van der Waals surface area (Å²) in [7, 11) is 0. The topological polar surface area (TPSA) is 46.5 Å². The SMILES string of the molecule is CCCC(C(=O)OCC)C(O)c1ccc(F)c(C)c1. The van der Waals surface area contributed by atoms with Gasteiger partial charge in [0.1, 0.15) is 5.82 Å². The van der Waals surface area contributed by atoms with Crippen molar-refractivity contribution in [1.82, 2.24) is 0 Å². The van der Waals surface area contributed by atoms with E-state index in [1.54, 1.807) is 19.9 Å². The second-order valence-corrected chi connectivity index (χ2v) is 4.60. The summed E-state index contributed by atoms with van der Waals surface area (Å²) in [5.74, 6) is -1.33. The number of esters is 1. The van der Waals surface area contributed by atoms with Gasteiger partial charge >= 0.3 is 5.97 Å². The molecular weight excluding hydrogens is 247 g/mol. The minimum Gasteiger partial charge on any atom is -0.466 e. The summed E-state index contributed by atoms with van der Waals surface area (Å²) in [4.78, 5) is 11.8. The minimum atomic E-state index is -0.960. The highest BCUT2D eigenvalue weighted by Gasteiger charge is 2.28. The molecule has 0 saturated carbocycles. The monoisotopic (exact) mass is 268 g/mol. The Labute approximate surface area is 113 Å². The van der Waals surface area contributed by atoms with Crippen LogP contribution in [0.5, 0.6) is 0 Å². The van der Waals surface area contributed by atoms with Gasteiger partial charge in [0.2, 0.25) is 0 Å². The zero-order valence-corrected chi connectivity index (χ0v) is 11.6. The van der Waals surface area contributed by atoms with Crippen LogP contribution in [-0.4, -0.2) is 17.7 Å². The smallest absolute Gasteiger partial charge is 0.311 e. The first-order valence-corrected chi connectivity index (χ1v) is 6.62. The standard InChI is InChI=1S/C15H21FO3/c1-4-6-12(15(18)19-5-2)14(17)11-7-8-13(16)10(3)9-11/h7-9,12,14,17H,4-6H2,1-3H3. The maximum atomic E-state index is 13.2. The van der Waals surface area contributed by atoms with Crippen molar-refractivity contribution in [2.45, 2.75) is 39.7 Å². The van der Waals surface area contributed by atoms with Crippen LogP contribution in [0.15, 0.2) is 18.2 Å². The van der Waals surface area contributed by atoms with Crippen molar-refractivity contribution >= 4 is 5.97 Å². The molecule has 0 bridgehead atoms. The third kappa shape index (κ3) is 4.03. The average Bonchev–Trinajstić information content (AvgIpc) is 2.38. The van der Waals surface area contributed by atoms with Crippen LogP contribution in [0.4, 0.5) is 4.39 Å². The molecule has 0 amide bonds. The third-order valence-electron chi connectivity index (χ3n) is 3.09. The summed E-state index contributed by atoms with van der Waals surface area (Å²) in [6.45, 7) is 5.59. The summed E-state index contributed by atoms with van der Waals surface area (Å²) in [6, 6.07) is 4.39. The number of hydrogen-bond acceptors (Lipinski definition) is 3. The van der Waals surface area contributed by atoms with Crippen LogP contribution in [-0.2, 0) is 9.53 Å². The molecule has 1 aromatic carbocycles. The molecule has 0 heterocycles. The zero-order valence-electron chi connectivity index (χ0n) is 11.6. The van der Waals surface area contributed by atoms with Gasteiger partial charge in [0.05, 0.1) is 18.6 Å². The van der Waals surface area contributed by atoms with Gasteiger partial charge in [-0.05, 0) is 37.5 Å². The van der Waals surface area contributed by atoms with Crippen molar-refractivity contribution in [2.75, 3.05) is 6.61 Å². The largest absolute Gasteiger partial charge is 0.466 e. The van der Waals surface area contributed by atoms with Crippen molar-refractivity contribution in [3.63, 3.8) is 0 Å². The fourth-order valence-corrected chi connectivity index (χ4v) is 2.05. The van der Waals surface area contributed by atoms with Crippen LogP contribution in [0.25, 0.3) is 0 Å². The first-order valence-electron chi connectivity index (χ1n) is 6.62. The van der Waals surface area contributed by atoms with Gasteiger partial charge in [-0.2, -0.15) is 0 Å². The number of halogens is 1. The molecule has 0 aliphatic rings. The Morgan fingerprint density at radius 1 is 1.42 bits per heavy atom. The van der Waals surface area contributed by atoms with Gasteiger partial charge in [-0.3, -0.25) is 4.79 Å². The van der Waals surface area contributed by atoms with Crippen LogP contribution < -0.4 is 0 Å². The number of aliphatic hydroxyl groups excluding tert-OH is 1. The van der Waals surface area contributed by atoms with Crippen LogP contribution >= 0.6 is 0 Å². The first kappa shape index (κ1) is 15.6. The van der Waals surface area contributed by atoms with Gasteiger partial charge in [-0.1, -0.05) is 25.5 Å². The van der Waals surface area contributed by atoms with E-state index in [0.717, 1.165) is 6.42 Å². The van der Waals surface area contributed by atoms with E-state index in [1.807, 2.05) is 6.92 Å². The summed E-state index contributed by atoms with van der Waals surface area (Å²) >= 11 is 0. The van der Waals surface area contributed by atoms with Crippen LogP contribution in [0.3, 0.4) is 0 Å². The van der Waals surface area contributed by atoms with Gasteiger partial charge < -0.3 is 9.84 Å². The van der Waals surface area contributed by atoms with Crippen molar-refractivity contribution < 1.29 is 19.0 Å². The number of hydrogen-bond donors (Lipinski definition) is 1. The maximum absolute atomic E-state index is 13.2. The molecule has 0 aromatic heterocycles. The molecule has 1 rings (SSSR count). The molecule has 0 saturated heterocycles. The predicted molar refractivity (Wildman–Crippen MR) is 71.1 cm³/mol. The molecule has 0 radical (unpaired) electrons. The second-order valence-electron chi connectivity index (χ2n) is 4.60. The van der Waals surface area contributed by atoms with Crippen LogP contribution in [0.1, 0.15) is 43.9 Å². The normalized spacial score (nSPS) is 13.9. The second kappa shape index (κ2) is 7.24. The molecule has 0 spiro atoms. The Balaban J connectivity index is 2.94. The Kier molecular flexibility index (Phi) is 5.96. The number of rotatable bonds is 6. The molecule has 1 aromatic rings. The van der Waals surface area contributed by atoms with Crippen molar-refractivity contribution in [2.24, 2.45) is 5.92 Å². The Morgan fingerprint density at radius 2 is 2.11 bits per heavy atom. The Bertz CT molecular complexity index is 431. The maximum Gasteiger partial charge on any atom is 0.311 e. The molecule has 0 fully saturated rings. The third-order valence-corrected chi connectivity index (χ3v) is 3.09. The lowest BCUT2D eigenvalue weighted by molar-refractivity contribution is -0.152. The van der Waals surface area contributed by atoms with E-state index < -0.39 is 18.0 Å². The summed E-state index contributed by atoms with van der Waals surface area (Å²) < 4.78 is 18.2. The number of aliphatic hydroxyl groups is 1. The highest BCUT2D eigenvalue weighted by atomic mass is 19.1. The molecule has 1 N–H and O–H groups in total. The van der Waals surface area contributed by atoms with E-state index in [4.69, 9.17) is 4.74 Å². The number of carbonyl (C=O) groups is 1. The van der Waals surface area contributed by atoms with Gasteiger partial charge in [0.25, 0.3) is 0 Å². The lowest BCUT2D eigenvalue weighted by Gasteiger charge is -2.21. The molecule has 0 aliphatic heterocycles. The van der Waals surface area contributed by atoms with Crippen LogP contribution in [0, 0.1) is 18.7 Å². The van der Waals surface area contributed by atoms with E-state index in [9.17, 15) is 14.3 Å². The molecule has 106 valence electrons. The fourth-order valence-electron chi connectivity index (χ4n) is 2.05. The average molecular weight is 268 g/mol. The minimum absolute atomic E-state index is 0.286. The van der Waals surface area contributed by atoms with E-state index >= 15 is 0 Å². The van der Waals surface area contributed by atoms with E-state index in [-0.39, 0.29) is 12.4 Å². The number of carbonyl (C=O) groups excluding carboxylic acids is 1. The van der Waals surface area contributed by atoms with E-state index in [1.165, 1.54) is 12.1 Å². The van der Waals surface area contributed by atoms with Crippen molar-refractivity contribution in [1.29, 1.82) is 0 Å². The molecular formula is C15H21FO3. The molecule has 4 heteroatoms. The van der Waals surface area contributed by atoms with Crippen LogP contribution in [0.2, 0.25) is 0 Å². The Morgan fingerprint density at radius 3 is 2.63 bits per heavy atom. The van der Waals surface area contributed by atoms with Gasteiger partial charge in [-0.15, -0.1) is 0 Å². The molecule has 2 atom stereocenters. The molecule has 19 heavy (non-hydrogen) atoms. The van der Waals surface area contributed by atoms with E-state index in [0.29, 0.717) is 17.5 Å². The van der Waals surface area contributed by atoms with Gasteiger partial charge in [-0.25, -0.2) is 4.39 Å². The fraction of sp³-hybridized carbons (Fsp3) is 0.533. The molecule has 2 unspecified atom stereocenters. The quantitative estimate of drug-likeness (QED) is 0.806. The lowest BCUT2D eigenvalue weighted by atomic mass is 9.91. The number of aryl methyl sites for hydroxylation is 1. The van der Waals surface area contributed by atoms with Gasteiger partial charge in [0.15, 0.2) is 0 Å². The first-order chi connectivity index (χ1) is 9.01. The summed E-state index contributed by atoms with van der Waals surface area (Å²) in [6.07, 6.45) is 0.343. The van der Waals surface area contributed by atoms with Crippen molar-refractivity contribution in [3.05, 3.63) is 35.1 Å². The van der Waals surface area contributed by atoms with Crippen molar-refractivity contribution in [3.8, 4) is 0 Å². The molecule has 0 aliphatic carbocycles. The van der Waals surface area contributed by atoms with Gasteiger partial charge in [0, 0.05) is 0 Å². The summed E-state index contributed by atoms with van der Waals surface area (Å²) in [5.41, 5.74) is 1.00. The highest BCUT2D eigenvalue weighted by molar-refractivity contribution is 5.73. The number of ether oxygens (including phenoxy) is 1. The number of benzene rings is 1. The Hall–Kier alpha value is -1.42. The van der Waals surface area contributed by atoms with E-state index in [2.05, 4.69) is 0 Å². The zero-order chi connectivity index (χ0) is 14.4. The predicted octanol–water partition coefficient (Wildman–Crippen LogP) is 3.15. The highest BCUT2D eigenvalue weighted by Crippen LogP contribution is 2.28. The summed E-state index contributed by atoms with van der Waals surface area (Å²) in [5, 5.41) is 10.3.